The third kappa shape index (κ3) is 3.94. The number of hydrogen-bond donors (Lipinski definition) is 1. The van der Waals surface area contributed by atoms with Crippen LogP contribution in [0.15, 0.2) is 18.2 Å². The fourth-order valence-electron chi connectivity index (χ4n) is 2.68. The molecular formula is C15H19ClN2O3. The normalized spacial score (nSPS) is 22.4. The molecule has 0 aromatic heterocycles. The van der Waals surface area contributed by atoms with Gasteiger partial charge in [0.05, 0.1) is 10.3 Å². The number of benzene rings is 1. The minimum absolute atomic E-state index is 0.0243. The largest absolute Gasteiger partial charge is 0.348 e. The van der Waals surface area contributed by atoms with E-state index in [1.165, 1.54) is 12.1 Å². The molecule has 2 atom stereocenters. The Morgan fingerprint density at radius 1 is 1.33 bits per heavy atom. The number of nitrogens with one attached hydrogen (secondary N) is 1. The maximum absolute atomic E-state index is 12.3. The Hall–Kier alpha value is -1.62. The molecule has 114 valence electrons. The van der Waals surface area contributed by atoms with Crippen molar-refractivity contribution in [2.75, 3.05) is 0 Å². The maximum atomic E-state index is 12.3. The molecule has 1 fully saturated rings. The summed E-state index contributed by atoms with van der Waals surface area (Å²) in [6, 6.07) is 4.38. The second-order valence-corrected chi connectivity index (χ2v) is 6.05. The van der Waals surface area contributed by atoms with Crippen LogP contribution in [0.3, 0.4) is 0 Å². The number of amides is 1. The van der Waals surface area contributed by atoms with Crippen LogP contribution in [0, 0.1) is 17.0 Å². The van der Waals surface area contributed by atoms with Crippen molar-refractivity contribution in [1.29, 1.82) is 0 Å². The Balaban J connectivity index is 2.09. The van der Waals surface area contributed by atoms with Crippen molar-refractivity contribution >= 4 is 23.2 Å². The summed E-state index contributed by atoms with van der Waals surface area (Å²) < 4.78 is 0. The summed E-state index contributed by atoms with van der Waals surface area (Å²) >= 11 is 6.31. The number of nitro benzene ring substituents is 1. The van der Waals surface area contributed by atoms with Gasteiger partial charge in [-0.1, -0.05) is 19.3 Å². The smallest absolute Gasteiger partial charge is 0.272 e. The average molecular weight is 311 g/mol. The Morgan fingerprint density at radius 3 is 2.71 bits per heavy atom. The van der Waals surface area contributed by atoms with Crippen LogP contribution in [0.4, 0.5) is 5.69 Å². The van der Waals surface area contributed by atoms with Gasteiger partial charge in [0.1, 0.15) is 0 Å². The Morgan fingerprint density at radius 2 is 2.05 bits per heavy atom. The summed E-state index contributed by atoms with van der Waals surface area (Å²) in [5.41, 5.74) is 0.943. The molecule has 1 N–H and O–H groups in total. The first-order chi connectivity index (χ1) is 9.99. The summed E-state index contributed by atoms with van der Waals surface area (Å²) in [5.74, 6) is -0.217. The molecule has 1 aliphatic carbocycles. The van der Waals surface area contributed by atoms with E-state index in [0.29, 0.717) is 11.1 Å². The van der Waals surface area contributed by atoms with Gasteiger partial charge in [-0.05, 0) is 31.9 Å². The molecule has 0 heterocycles. The van der Waals surface area contributed by atoms with Gasteiger partial charge in [0.15, 0.2) is 0 Å². The molecule has 2 unspecified atom stereocenters. The van der Waals surface area contributed by atoms with Crippen molar-refractivity contribution in [3.8, 4) is 0 Å². The van der Waals surface area contributed by atoms with Crippen LogP contribution in [0.2, 0.25) is 0 Å². The van der Waals surface area contributed by atoms with Crippen molar-refractivity contribution in [1.82, 2.24) is 5.32 Å². The van der Waals surface area contributed by atoms with Crippen LogP contribution in [0.1, 0.15) is 48.0 Å². The van der Waals surface area contributed by atoms with Crippen LogP contribution in [0.5, 0.6) is 0 Å². The van der Waals surface area contributed by atoms with Gasteiger partial charge in [-0.25, -0.2) is 0 Å². The molecule has 2 rings (SSSR count). The lowest BCUT2D eigenvalue weighted by atomic mass is 10.1. The van der Waals surface area contributed by atoms with Gasteiger partial charge in [-0.3, -0.25) is 14.9 Å². The predicted molar refractivity (Wildman–Crippen MR) is 81.8 cm³/mol. The Labute approximate surface area is 128 Å². The average Bonchev–Trinajstić information content (AvgIpc) is 2.63. The number of carbonyl (C=O) groups is 1. The summed E-state index contributed by atoms with van der Waals surface area (Å²) in [6.45, 7) is 1.63. The highest BCUT2D eigenvalue weighted by Crippen LogP contribution is 2.23. The third-order valence-electron chi connectivity index (χ3n) is 3.90. The lowest BCUT2D eigenvalue weighted by Crippen LogP contribution is -2.40. The SMILES string of the molecule is Cc1cc(C(=O)NC2CCCCCC2Cl)ccc1[N+](=O)[O-]. The second-order valence-electron chi connectivity index (χ2n) is 5.49. The number of alkyl halides is 1. The van der Waals surface area contributed by atoms with E-state index < -0.39 is 4.92 Å². The van der Waals surface area contributed by atoms with Crippen molar-refractivity contribution in [2.45, 2.75) is 50.4 Å². The quantitative estimate of drug-likeness (QED) is 0.401. The first-order valence-corrected chi connectivity index (χ1v) is 7.62. The van der Waals surface area contributed by atoms with Crippen LogP contribution >= 0.6 is 11.6 Å². The van der Waals surface area contributed by atoms with E-state index >= 15 is 0 Å². The molecule has 0 bridgehead atoms. The molecule has 1 aliphatic rings. The van der Waals surface area contributed by atoms with E-state index in [4.69, 9.17) is 11.6 Å². The van der Waals surface area contributed by atoms with Gasteiger partial charge in [0, 0.05) is 23.2 Å². The molecular weight excluding hydrogens is 292 g/mol. The van der Waals surface area contributed by atoms with E-state index in [-0.39, 0.29) is 23.0 Å². The molecule has 1 amide bonds. The van der Waals surface area contributed by atoms with Gasteiger partial charge in [0.25, 0.3) is 11.6 Å². The summed E-state index contributed by atoms with van der Waals surface area (Å²) in [5, 5.41) is 13.7. The van der Waals surface area contributed by atoms with E-state index in [2.05, 4.69) is 5.32 Å². The summed E-state index contributed by atoms with van der Waals surface area (Å²) in [6.07, 6.45) is 5.09. The van der Waals surface area contributed by atoms with Crippen LogP contribution in [0.25, 0.3) is 0 Å². The minimum Gasteiger partial charge on any atom is -0.348 e. The van der Waals surface area contributed by atoms with Gasteiger partial charge in [-0.15, -0.1) is 11.6 Å². The highest BCUT2D eigenvalue weighted by atomic mass is 35.5. The zero-order valence-electron chi connectivity index (χ0n) is 12.0. The lowest BCUT2D eigenvalue weighted by Gasteiger charge is -2.21. The zero-order chi connectivity index (χ0) is 15.4. The molecule has 1 aromatic rings. The number of hydrogen-bond acceptors (Lipinski definition) is 3. The van der Waals surface area contributed by atoms with Crippen LogP contribution in [-0.2, 0) is 0 Å². The first-order valence-electron chi connectivity index (χ1n) is 7.19. The Bertz CT molecular complexity index is 548. The van der Waals surface area contributed by atoms with E-state index in [0.717, 1.165) is 32.1 Å². The topological polar surface area (TPSA) is 72.2 Å². The molecule has 1 saturated carbocycles. The number of aryl methyl sites for hydroxylation is 1. The minimum atomic E-state index is -0.447. The predicted octanol–water partition coefficient (Wildman–Crippen LogP) is 3.57. The highest BCUT2D eigenvalue weighted by Gasteiger charge is 2.24. The monoisotopic (exact) mass is 310 g/mol. The van der Waals surface area contributed by atoms with Crippen molar-refractivity contribution in [3.05, 3.63) is 39.4 Å². The van der Waals surface area contributed by atoms with Gasteiger partial charge >= 0.3 is 0 Å². The van der Waals surface area contributed by atoms with E-state index in [1.54, 1.807) is 13.0 Å². The lowest BCUT2D eigenvalue weighted by molar-refractivity contribution is -0.385. The second kappa shape index (κ2) is 6.89. The summed E-state index contributed by atoms with van der Waals surface area (Å²) in [4.78, 5) is 22.6. The number of nitro groups is 1. The molecule has 1 aromatic carbocycles. The Kier molecular flexibility index (Phi) is 5.17. The fourth-order valence-corrected chi connectivity index (χ4v) is 3.02. The van der Waals surface area contributed by atoms with E-state index in [9.17, 15) is 14.9 Å². The van der Waals surface area contributed by atoms with Crippen molar-refractivity contribution in [3.63, 3.8) is 0 Å². The molecule has 0 radical (unpaired) electrons. The number of rotatable bonds is 3. The number of nitrogens with zero attached hydrogens (tertiary/aromatic N) is 1. The molecule has 5 nitrogen and oxygen atoms in total. The van der Waals surface area contributed by atoms with Crippen molar-refractivity contribution in [2.24, 2.45) is 0 Å². The summed E-state index contributed by atoms with van der Waals surface area (Å²) in [7, 11) is 0. The zero-order valence-corrected chi connectivity index (χ0v) is 12.7. The van der Waals surface area contributed by atoms with E-state index in [1.807, 2.05) is 0 Å². The number of halogens is 1. The standard InChI is InChI=1S/C15H19ClN2O3/c1-10-9-11(7-8-14(10)18(20)21)15(19)17-13-6-4-2-3-5-12(13)16/h7-9,12-13H,2-6H2,1H3,(H,17,19). The van der Waals surface area contributed by atoms with Gasteiger partial charge < -0.3 is 5.32 Å². The first kappa shape index (κ1) is 15.8. The van der Waals surface area contributed by atoms with Crippen molar-refractivity contribution < 1.29 is 9.72 Å². The molecule has 0 saturated heterocycles. The van der Waals surface area contributed by atoms with Gasteiger partial charge in [-0.2, -0.15) is 0 Å². The molecule has 21 heavy (non-hydrogen) atoms. The third-order valence-corrected chi connectivity index (χ3v) is 4.43. The molecule has 0 aliphatic heterocycles. The fraction of sp³-hybridized carbons (Fsp3) is 0.533. The number of carbonyl (C=O) groups excluding carboxylic acids is 1. The van der Waals surface area contributed by atoms with Crippen LogP contribution in [-0.4, -0.2) is 22.2 Å². The molecule has 0 spiro atoms. The maximum Gasteiger partial charge on any atom is 0.272 e. The van der Waals surface area contributed by atoms with Crippen LogP contribution < -0.4 is 5.32 Å². The highest BCUT2D eigenvalue weighted by molar-refractivity contribution is 6.21. The van der Waals surface area contributed by atoms with Gasteiger partial charge in [0.2, 0.25) is 0 Å². The molecule has 6 heteroatoms.